The fourth-order valence-corrected chi connectivity index (χ4v) is 6.58. The van der Waals surface area contributed by atoms with Crippen molar-refractivity contribution >= 4 is 11.7 Å². The predicted molar refractivity (Wildman–Crippen MR) is 116 cm³/mol. The summed E-state index contributed by atoms with van der Waals surface area (Å²) >= 11 is 0. The van der Waals surface area contributed by atoms with Crippen LogP contribution in [0.4, 0.5) is 10.1 Å². The van der Waals surface area contributed by atoms with Crippen LogP contribution in [-0.4, -0.2) is 56.0 Å². The largest absolute Gasteiger partial charge is 0.461 e. The van der Waals surface area contributed by atoms with E-state index < -0.39 is 6.10 Å². The molecular formula is C25H34FN2O3+. The summed E-state index contributed by atoms with van der Waals surface area (Å²) in [6.45, 7) is 8.33. The number of anilines is 1. The average Bonchev–Trinajstić information content (AvgIpc) is 3.06. The quantitative estimate of drug-likeness (QED) is 0.569. The molecule has 31 heavy (non-hydrogen) atoms. The summed E-state index contributed by atoms with van der Waals surface area (Å²) in [4.78, 5) is 16.3. The molecule has 0 spiro atoms. The summed E-state index contributed by atoms with van der Waals surface area (Å²) in [5, 5.41) is 11.5. The Morgan fingerprint density at radius 1 is 1.29 bits per heavy atom. The molecule has 1 aromatic rings. The number of aliphatic hydroxyl groups is 1. The van der Waals surface area contributed by atoms with Gasteiger partial charge in [0.05, 0.1) is 44.5 Å². The second-order valence-electron chi connectivity index (χ2n) is 10.2. The fourth-order valence-electron chi connectivity index (χ4n) is 6.58. The van der Waals surface area contributed by atoms with E-state index in [1.54, 1.807) is 6.07 Å². The van der Waals surface area contributed by atoms with E-state index in [4.69, 9.17) is 4.74 Å². The number of aliphatic hydroxyl groups excluding tert-OH is 1. The van der Waals surface area contributed by atoms with Crippen molar-refractivity contribution in [2.75, 3.05) is 37.6 Å². The number of nitrogens with one attached hydrogen (secondary N) is 1. The molecule has 2 heterocycles. The van der Waals surface area contributed by atoms with Crippen LogP contribution in [0, 0.1) is 29.0 Å². The highest BCUT2D eigenvalue weighted by Crippen LogP contribution is 2.55. The first-order chi connectivity index (χ1) is 14.9. The number of piperazine rings is 1. The van der Waals surface area contributed by atoms with Crippen molar-refractivity contribution in [1.82, 2.24) is 0 Å². The van der Waals surface area contributed by atoms with Crippen LogP contribution in [0.25, 0.3) is 0 Å². The van der Waals surface area contributed by atoms with Crippen molar-refractivity contribution < 1.29 is 23.9 Å². The van der Waals surface area contributed by atoms with Gasteiger partial charge in [-0.15, -0.1) is 0 Å². The van der Waals surface area contributed by atoms with Crippen LogP contribution in [0.3, 0.4) is 0 Å². The zero-order chi connectivity index (χ0) is 21.8. The first-order valence-electron chi connectivity index (χ1n) is 11.8. The topological polar surface area (TPSA) is 54.2 Å². The van der Waals surface area contributed by atoms with Gasteiger partial charge in [0.15, 0.2) is 0 Å². The van der Waals surface area contributed by atoms with Gasteiger partial charge in [0, 0.05) is 17.8 Å². The zero-order valence-electron chi connectivity index (χ0n) is 18.5. The normalized spacial score (nSPS) is 38.3. The second-order valence-corrected chi connectivity index (χ2v) is 10.2. The fraction of sp³-hybridized carbons (Fsp3) is 0.640. The lowest BCUT2D eigenvalue weighted by Gasteiger charge is -2.51. The number of carbonyl (C=O) groups excluding carboxylic acids is 1. The first kappa shape index (κ1) is 21.0. The predicted octanol–water partition coefficient (Wildman–Crippen LogP) is 1.82. The minimum absolute atomic E-state index is 0.132. The van der Waals surface area contributed by atoms with Crippen molar-refractivity contribution in [3.8, 4) is 0 Å². The number of quaternary nitrogens is 1. The third-order valence-electron chi connectivity index (χ3n) is 8.74. The summed E-state index contributed by atoms with van der Waals surface area (Å²) in [6.07, 6.45) is 4.41. The highest BCUT2D eigenvalue weighted by molar-refractivity contribution is 5.76. The molecule has 2 aliphatic carbocycles. The van der Waals surface area contributed by atoms with E-state index >= 15 is 0 Å². The smallest absolute Gasteiger partial charge is 0.315 e. The SMILES string of the molecule is C[C@H]1CCC=C2C[C@H]3OC(=O)[C@H](C[NH+]4CCN(c5ccccc5F)CC4)[C@H]3[C@H](O)[C@@]21C. The number of para-hydroxylation sites is 1. The lowest BCUT2D eigenvalue weighted by molar-refractivity contribution is -0.903. The second kappa shape index (κ2) is 7.89. The van der Waals surface area contributed by atoms with Gasteiger partial charge in [0.2, 0.25) is 0 Å². The summed E-state index contributed by atoms with van der Waals surface area (Å²) in [6, 6.07) is 6.91. The Bertz CT molecular complexity index is 881. The van der Waals surface area contributed by atoms with Crippen molar-refractivity contribution in [2.24, 2.45) is 23.2 Å². The Balaban J connectivity index is 1.28. The number of rotatable bonds is 3. The Labute approximate surface area is 183 Å². The maximum absolute atomic E-state index is 14.1. The van der Waals surface area contributed by atoms with E-state index in [2.05, 4.69) is 24.8 Å². The lowest BCUT2D eigenvalue weighted by Crippen LogP contribution is -3.15. The van der Waals surface area contributed by atoms with Gasteiger partial charge in [-0.2, -0.15) is 0 Å². The van der Waals surface area contributed by atoms with Gasteiger partial charge in [0.1, 0.15) is 17.8 Å². The van der Waals surface area contributed by atoms with Crippen LogP contribution in [0.1, 0.15) is 33.1 Å². The number of hydrogen-bond acceptors (Lipinski definition) is 4. The molecule has 0 unspecified atom stereocenters. The Morgan fingerprint density at radius 3 is 2.77 bits per heavy atom. The van der Waals surface area contributed by atoms with Gasteiger partial charge in [-0.1, -0.05) is 37.6 Å². The molecule has 0 radical (unpaired) electrons. The molecule has 4 aliphatic rings. The van der Waals surface area contributed by atoms with Gasteiger partial charge in [-0.05, 0) is 30.9 Å². The Hall–Kier alpha value is -1.92. The van der Waals surface area contributed by atoms with Gasteiger partial charge in [0.25, 0.3) is 0 Å². The third kappa shape index (κ3) is 3.39. The minimum atomic E-state index is -0.552. The van der Waals surface area contributed by atoms with Crippen LogP contribution >= 0.6 is 0 Å². The molecule has 6 heteroatoms. The third-order valence-corrected chi connectivity index (χ3v) is 8.74. The average molecular weight is 430 g/mol. The van der Waals surface area contributed by atoms with E-state index in [-0.39, 0.29) is 35.1 Å². The minimum Gasteiger partial charge on any atom is -0.461 e. The van der Waals surface area contributed by atoms with E-state index in [9.17, 15) is 14.3 Å². The molecule has 1 saturated carbocycles. The van der Waals surface area contributed by atoms with Crippen molar-refractivity contribution in [2.45, 2.75) is 45.3 Å². The standard InChI is InChI=1S/C25H33FN2O3/c1-16-6-5-7-17-14-21-22(23(29)25(16,17)2)18(24(30)31-21)15-27-10-12-28(13-11-27)20-9-4-3-8-19(20)26/h3-4,7-9,16,18,21-23,29H,5-6,10-15H2,1-2H3/p+1/t16-,18+,21+,22+,23-,25+/m0/s1. The molecule has 0 bridgehead atoms. The number of benzene rings is 1. The molecule has 5 rings (SSSR count). The first-order valence-corrected chi connectivity index (χ1v) is 11.8. The number of allylic oxidation sites excluding steroid dienone is 1. The maximum Gasteiger partial charge on any atom is 0.315 e. The molecule has 168 valence electrons. The van der Waals surface area contributed by atoms with E-state index in [1.807, 2.05) is 12.1 Å². The van der Waals surface area contributed by atoms with Crippen LogP contribution in [0.5, 0.6) is 0 Å². The Kier molecular flexibility index (Phi) is 5.33. The molecule has 5 nitrogen and oxygen atoms in total. The van der Waals surface area contributed by atoms with Crippen molar-refractivity contribution in [3.05, 3.63) is 41.7 Å². The number of nitrogens with zero attached hydrogens (tertiary/aromatic N) is 1. The summed E-state index contributed by atoms with van der Waals surface area (Å²) in [5.74, 6) is -0.322. The number of halogens is 1. The van der Waals surface area contributed by atoms with Gasteiger partial charge in [-0.3, -0.25) is 4.79 Å². The molecule has 2 aliphatic heterocycles. The monoisotopic (exact) mass is 429 g/mol. The van der Waals surface area contributed by atoms with E-state index in [0.717, 1.165) is 45.4 Å². The molecule has 2 saturated heterocycles. The van der Waals surface area contributed by atoms with Gasteiger partial charge >= 0.3 is 5.97 Å². The van der Waals surface area contributed by atoms with Crippen LogP contribution in [0.2, 0.25) is 0 Å². The highest BCUT2D eigenvalue weighted by Gasteiger charge is 2.60. The van der Waals surface area contributed by atoms with Crippen LogP contribution in [-0.2, 0) is 9.53 Å². The number of esters is 1. The molecule has 0 amide bonds. The molecular weight excluding hydrogens is 395 g/mol. The molecule has 2 N–H and O–H groups in total. The number of hydrogen-bond donors (Lipinski definition) is 2. The van der Waals surface area contributed by atoms with Crippen molar-refractivity contribution in [3.63, 3.8) is 0 Å². The molecule has 6 atom stereocenters. The van der Waals surface area contributed by atoms with Gasteiger partial charge in [-0.25, -0.2) is 4.39 Å². The summed E-state index contributed by atoms with van der Waals surface area (Å²) in [7, 11) is 0. The zero-order valence-corrected chi connectivity index (χ0v) is 18.5. The molecule has 0 aromatic heterocycles. The summed E-state index contributed by atoms with van der Waals surface area (Å²) < 4.78 is 20.0. The number of carbonyl (C=O) groups is 1. The number of ether oxygens (including phenoxy) is 1. The lowest BCUT2D eigenvalue weighted by atomic mass is 9.55. The van der Waals surface area contributed by atoms with Crippen LogP contribution < -0.4 is 9.80 Å². The van der Waals surface area contributed by atoms with Crippen molar-refractivity contribution in [1.29, 1.82) is 0 Å². The van der Waals surface area contributed by atoms with E-state index in [1.165, 1.54) is 16.5 Å². The highest BCUT2D eigenvalue weighted by atomic mass is 19.1. The van der Waals surface area contributed by atoms with E-state index in [0.29, 0.717) is 18.2 Å². The molecule has 3 fully saturated rings. The summed E-state index contributed by atoms with van der Waals surface area (Å²) in [5.41, 5.74) is 1.67. The number of fused-ring (bicyclic) bond motifs is 2. The molecule has 1 aromatic carbocycles. The van der Waals surface area contributed by atoms with Crippen LogP contribution in [0.15, 0.2) is 35.9 Å². The Morgan fingerprint density at radius 2 is 2.03 bits per heavy atom. The van der Waals surface area contributed by atoms with Gasteiger partial charge < -0.3 is 19.6 Å². The maximum atomic E-state index is 14.1.